The van der Waals surface area contributed by atoms with Crippen molar-refractivity contribution in [1.82, 2.24) is 4.90 Å². The van der Waals surface area contributed by atoms with Gasteiger partial charge in [-0.05, 0) is 49.9 Å². The van der Waals surface area contributed by atoms with Crippen LogP contribution in [0.15, 0.2) is 54.1 Å². The van der Waals surface area contributed by atoms with E-state index in [2.05, 4.69) is 13.8 Å². The second-order valence-corrected chi connectivity index (χ2v) is 8.69. The lowest BCUT2D eigenvalue weighted by atomic mass is 9.93. The fourth-order valence-electron chi connectivity index (χ4n) is 3.96. The van der Waals surface area contributed by atoms with E-state index < -0.39 is 17.7 Å². The first kappa shape index (κ1) is 24.5. The lowest BCUT2D eigenvalue weighted by Gasteiger charge is -2.26. The Bertz CT molecular complexity index is 1020. The third-order valence-electron chi connectivity index (χ3n) is 5.66. The minimum absolute atomic E-state index is 0.00639. The van der Waals surface area contributed by atoms with Gasteiger partial charge in [-0.15, -0.1) is 0 Å². The summed E-state index contributed by atoms with van der Waals surface area (Å²) in [6.45, 7) is 10.9. The maximum atomic E-state index is 13.1. The number of aliphatic hydroxyl groups excluding tert-OH is 1. The first-order valence-corrected chi connectivity index (χ1v) is 11.5. The SMILES string of the molecule is CCOc1cccc(/C(O)=C2/C(=O)C(=O)N(CCOC(C)C)C2c2ccc(C(C)C)cc2)c1. The molecular formula is C27H33NO5. The number of rotatable bonds is 9. The molecule has 1 amide bonds. The quantitative estimate of drug-likeness (QED) is 0.328. The molecule has 0 aliphatic carbocycles. The van der Waals surface area contributed by atoms with Gasteiger partial charge in [-0.2, -0.15) is 0 Å². The van der Waals surface area contributed by atoms with Gasteiger partial charge in [0.15, 0.2) is 0 Å². The molecule has 0 spiro atoms. The smallest absolute Gasteiger partial charge is 0.295 e. The molecule has 33 heavy (non-hydrogen) atoms. The number of nitrogens with zero attached hydrogens (tertiary/aromatic N) is 1. The molecule has 1 atom stereocenters. The summed E-state index contributed by atoms with van der Waals surface area (Å²) >= 11 is 0. The van der Waals surface area contributed by atoms with Crippen molar-refractivity contribution in [2.24, 2.45) is 0 Å². The van der Waals surface area contributed by atoms with Gasteiger partial charge in [0.2, 0.25) is 0 Å². The van der Waals surface area contributed by atoms with Crippen molar-refractivity contribution in [2.45, 2.75) is 52.7 Å². The van der Waals surface area contributed by atoms with Crippen LogP contribution < -0.4 is 4.74 Å². The number of likely N-dealkylation sites (tertiary alicyclic amines) is 1. The second kappa shape index (κ2) is 10.7. The van der Waals surface area contributed by atoms with Crippen LogP contribution in [0.2, 0.25) is 0 Å². The van der Waals surface area contributed by atoms with Crippen molar-refractivity contribution in [3.8, 4) is 5.75 Å². The third-order valence-corrected chi connectivity index (χ3v) is 5.66. The van der Waals surface area contributed by atoms with E-state index in [0.717, 1.165) is 11.1 Å². The van der Waals surface area contributed by atoms with E-state index in [4.69, 9.17) is 9.47 Å². The van der Waals surface area contributed by atoms with Gasteiger partial charge >= 0.3 is 0 Å². The molecule has 176 valence electrons. The summed E-state index contributed by atoms with van der Waals surface area (Å²) in [6.07, 6.45) is 0.00639. The minimum atomic E-state index is -0.697. The summed E-state index contributed by atoms with van der Waals surface area (Å²) in [5.41, 5.74) is 2.44. The number of Topliss-reactive ketones (excluding diaryl/α,β-unsaturated/α-hetero) is 1. The van der Waals surface area contributed by atoms with Gasteiger partial charge in [-0.1, -0.05) is 50.2 Å². The molecule has 1 aliphatic heterocycles. The van der Waals surface area contributed by atoms with Gasteiger partial charge in [0.05, 0.1) is 30.9 Å². The van der Waals surface area contributed by atoms with Crippen molar-refractivity contribution in [1.29, 1.82) is 0 Å². The molecule has 0 aromatic heterocycles. The summed E-state index contributed by atoms with van der Waals surface area (Å²) in [7, 11) is 0. The Labute approximate surface area is 195 Å². The van der Waals surface area contributed by atoms with E-state index in [0.29, 0.717) is 30.4 Å². The van der Waals surface area contributed by atoms with Crippen molar-refractivity contribution in [3.63, 3.8) is 0 Å². The number of carbonyl (C=O) groups is 2. The largest absolute Gasteiger partial charge is 0.507 e. The first-order chi connectivity index (χ1) is 15.7. The Balaban J connectivity index is 2.09. The van der Waals surface area contributed by atoms with Gasteiger partial charge in [-0.25, -0.2) is 0 Å². The third kappa shape index (κ3) is 5.45. The van der Waals surface area contributed by atoms with Gasteiger partial charge in [-0.3, -0.25) is 9.59 Å². The number of ether oxygens (including phenoxy) is 2. The molecule has 6 nitrogen and oxygen atoms in total. The second-order valence-electron chi connectivity index (χ2n) is 8.69. The van der Waals surface area contributed by atoms with E-state index in [1.807, 2.05) is 45.0 Å². The topological polar surface area (TPSA) is 76.1 Å². The van der Waals surface area contributed by atoms with Crippen LogP contribution in [0.4, 0.5) is 0 Å². The zero-order chi connectivity index (χ0) is 24.1. The first-order valence-electron chi connectivity index (χ1n) is 11.5. The van der Waals surface area contributed by atoms with Crippen LogP contribution >= 0.6 is 0 Å². The fraction of sp³-hybridized carbons (Fsp3) is 0.407. The Morgan fingerprint density at radius 3 is 2.36 bits per heavy atom. The number of carbonyl (C=O) groups excluding carboxylic acids is 2. The molecule has 3 rings (SSSR count). The maximum Gasteiger partial charge on any atom is 0.295 e. The molecule has 0 bridgehead atoms. The van der Waals surface area contributed by atoms with E-state index in [1.165, 1.54) is 4.90 Å². The average Bonchev–Trinajstić information content (AvgIpc) is 3.04. The summed E-state index contributed by atoms with van der Waals surface area (Å²) in [5.74, 6) is -0.607. The maximum absolute atomic E-state index is 13.1. The highest BCUT2D eigenvalue weighted by Crippen LogP contribution is 2.40. The summed E-state index contributed by atoms with van der Waals surface area (Å²) in [5, 5.41) is 11.2. The molecule has 1 heterocycles. The van der Waals surface area contributed by atoms with E-state index >= 15 is 0 Å². The van der Waals surface area contributed by atoms with E-state index in [9.17, 15) is 14.7 Å². The molecule has 1 unspecified atom stereocenters. The zero-order valence-electron chi connectivity index (χ0n) is 20.0. The predicted octanol–water partition coefficient (Wildman–Crippen LogP) is 5.06. The van der Waals surface area contributed by atoms with Crippen molar-refractivity contribution in [3.05, 3.63) is 70.8 Å². The Morgan fingerprint density at radius 2 is 1.76 bits per heavy atom. The van der Waals surface area contributed by atoms with Crippen molar-refractivity contribution >= 4 is 17.4 Å². The highest BCUT2D eigenvalue weighted by atomic mass is 16.5. The molecule has 2 aromatic rings. The van der Waals surface area contributed by atoms with E-state index in [-0.39, 0.29) is 24.0 Å². The predicted molar refractivity (Wildman–Crippen MR) is 128 cm³/mol. The molecule has 1 aliphatic rings. The molecule has 0 saturated carbocycles. The van der Waals surface area contributed by atoms with Crippen LogP contribution in [0, 0.1) is 0 Å². The standard InChI is InChI=1S/C27H33NO5/c1-6-32-22-9-7-8-21(16-22)25(29)23-24(20-12-10-19(11-13-20)17(2)3)28(27(31)26(23)30)14-15-33-18(4)5/h7-13,16-18,24,29H,6,14-15H2,1-5H3/b25-23-. The summed E-state index contributed by atoms with van der Waals surface area (Å²) in [4.78, 5) is 27.6. The Hall–Kier alpha value is -3.12. The number of amides is 1. The van der Waals surface area contributed by atoms with Gasteiger partial charge in [0, 0.05) is 12.1 Å². The fourth-order valence-corrected chi connectivity index (χ4v) is 3.96. The van der Waals surface area contributed by atoms with Crippen LogP contribution in [0.5, 0.6) is 5.75 Å². The van der Waals surface area contributed by atoms with Crippen LogP contribution in [0.3, 0.4) is 0 Å². The summed E-state index contributed by atoms with van der Waals surface area (Å²) in [6, 6.07) is 14.1. The van der Waals surface area contributed by atoms with Crippen LogP contribution in [-0.2, 0) is 14.3 Å². The van der Waals surface area contributed by atoms with Crippen molar-refractivity contribution in [2.75, 3.05) is 19.8 Å². The Morgan fingerprint density at radius 1 is 1.06 bits per heavy atom. The molecule has 6 heteroatoms. The molecule has 1 N–H and O–H groups in total. The average molecular weight is 452 g/mol. The van der Waals surface area contributed by atoms with Crippen molar-refractivity contribution < 1.29 is 24.2 Å². The highest BCUT2D eigenvalue weighted by molar-refractivity contribution is 6.46. The number of hydrogen-bond donors (Lipinski definition) is 1. The lowest BCUT2D eigenvalue weighted by Crippen LogP contribution is -2.33. The summed E-state index contributed by atoms with van der Waals surface area (Å²) < 4.78 is 11.2. The molecule has 0 radical (unpaired) electrons. The Kier molecular flexibility index (Phi) is 7.92. The molecular weight excluding hydrogens is 418 g/mol. The number of benzene rings is 2. The highest BCUT2D eigenvalue weighted by Gasteiger charge is 2.45. The van der Waals surface area contributed by atoms with Gasteiger partial charge < -0.3 is 19.5 Å². The zero-order valence-corrected chi connectivity index (χ0v) is 20.0. The molecule has 1 saturated heterocycles. The number of aliphatic hydroxyl groups is 1. The van der Waals surface area contributed by atoms with Gasteiger partial charge in [0.25, 0.3) is 11.7 Å². The van der Waals surface area contributed by atoms with E-state index in [1.54, 1.807) is 24.3 Å². The van der Waals surface area contributed by atoms with Gasteiger partial charge in [0.1, 0.15) is 11.5 Å². The number of ketones is 1. The van der Waals surface area contributed by atoms with Crippen LogP contribution in [0.25, 0.3) is 5.76 Å². The normalized spacial score (nSPS) is 17.9. The van der Waals surface area contributed by atoms with Crippen LogP contribution in [-0.4, -0.2) is 47.6 Å². The van der Waals surface area contributed by atoms with Crippen LogP contribution in [0.1, 0.15) is 63.3 Å². The molecule has 1 fully saturated rings. The molecule has 2 aromatic carbocycles. The number of hydrogen-bond acceptors (Lipinski definition) is 5. The monoisotopic (exact) mass is 451 g/mol. The lowest BCUT2D eigenvalue weighted by molar-refractivity contribution is -0.140. The minimum Gasteiger partial charge on any atom is -0.507 e.